The van der Waals surface area contributed by atoms with Crippen molar-refractivity contribution in [3.63, 3.8) is 0 Å². The van der Waals surface area contributed by atoms with E-state index in [1.54, 1.807) is 6.92 Å². The fourth-order valence-electron chi connectivity index (χ4n) is 1.44. The zero-order valence-electron chi connectivity index (χ0n) is 13.2. The van der Waals surface area contributed by atoms with E-state index in [9.17, 15) is 14.4 Å². The average Bonchev–Trinajstić information content (AvgIpc) is 2.97. The summed E-state index contributed by atoms with van der Waals surface area (Å²) in [5, 5.41) is 8.10. The second-order valence-corrected chi connectivity index (χ2v) is 3.90. The van der Waals surface area contributed by atoms with E-state index in [0.29, 0.717) is 0 Å². The van der Waals surface area contributed by atoms with Crippen molar-refractivity contribution in [2.45, 2.75) is 6.92 Å². The molecule has 1 heterocycles. The van der Waals surface area contributed by atoms with Gasteiger partial charge in [-0.1, -0.05) is 11.7 Å². The van der Waals surface area contributed by atoms with Crippen LogP contribution in [0.3, 0.4) is 0 Å². The van der Waals surface area contributed by atoms with Gasteiger partial charge in [0.15, 0.2) is 0 Å². The van der Waals surface area contributed by atoms with Crippen molar-refractivity contribution in [1.82, 2.24) is 15.3 Å². The van der Waals surface area contributed by atoms with Crippen LogP contribution in [0.1, 0.15) is 17.4 Å². The number of nitrogens with zero attached hydrogens (tertiary/aromatic N) is 3. The van der Waals surface area contributed by atoms with E-state index >= 15 is 0 Å². The number of guanidine groups is 1. The van der Waals surface area contributed by atoms with E-state index in [1.165, 1.54) is 12.1 Å². The number of nitrogens with one attached hydrogen (secondary N) is 2. The molecule has 11 heteroatoms. The summed E-state index contributed by atoms with van der Waals surface area (Å²) in [7, 11) is 2.21. The van der Waals surface area contributed by atoms with Gasteiger partial charge in [-0.15, -0.1) is 0 Å². The lowest BCUT2D eigenvalue weighted by Crippen LogP contribution is -2.44. The highest BCUT2D eigenvalue weighted by Gasteiger charge is 2.21. The molecule has 0 fully saturated rings. The molecule has 0 aliphatic rings. The van der Waals surface area contributed by atoms with Gasteiger partial charge in [0, 0.05) is 0 Å². The zero-order chi connectivity index (χ0) is 18.1. The third-order valence-corrected chi connectivity index (χ3v) is 2.45. The minimum absolute atomic E-state index is 0.0473. The van der Waals surface area contributed by atoms with Crippen molar-refractivity contribution in [2.75, 3.05) is 20.8 Å². The minimum atomic E-state index is -0.931. The van der Waals surface area contributed by atoms with Crippen LogP contribution in [-0.4, -0.2) is 49.6 Å². The van der Waals surface area contributed by atoms with E-state index in [0.717, 1.165) is 18.9 Å². The van der Waals surface area contributed by atoms with Crippen molar-refractivity contribution in [1.29, 1.82) is 0 Å². The molecule has 2 amide bonds. The molecule has 1 rings (SSSR count). The minimum Gasteiger partial charge on any atom is -0.460 e. The van der Waals surface area contributed by atoms with Gasteiger partial charge in [-0.25, -0.2) is 14.4 Å². The molecule has 0 aliphatic carbocycles. The second-order valence-electron chi connectivity index (χ2n) is 3.90. The summed E-state index contributed by atoms with van der Waals surface area (Å²) < 4.78 is 14.6. The maximum atomic E-state index is 11.9. The molecule has 0 saturated carbocycles. The van der Waals surface area contributed by atoms with Crippen LogP contribution >= 0.6 is 0 Å². The number of carbonyl (C=O) groups excluding carboxylic acids is 3. The number of methoxy groups -OCH3 is 2. The lowest BCUT2D eigenvalue weighted by molar-refractivity contribution is 0.0515. The average molecular weight is 337 g/mol. The molecule has 128 valence electrons. The zero-order valence-corrected chi connectivity index (χ0v) is 13.2. The summed E-state index contributed by atoms with van der Waals surface area (Å²) in [5.41, 5.74) is -0.0707. The van der Waals surface area contributed by atoms with Crippen molar-refractivity contribution in [2.24, 2.45) is 5.10 Å². The van der Waals surface area contributed by atoms with E-state index in [-0.39, 0.29) is 18.1 Å². The first kappa shape index (κ1) is 18.5. The molecule has 1 aromatic rings. The van der Waals surface area contributed by atoms with Gasteiger partial charge in [0.25, 0.3) is 11.8 Å². The lowest BCUT2D eigenvalue weighted by Gasteiger charge is -2.08. The highest BCUT2D eigenvalue weighted by molar-refractivity contribution is 6.01. The molecule has 0 bridgehead atoms. The van der Waals surface area contributed by atoms with E-state index < -0.39 is 24.1 Å². The van der Waals surface area contributed by atoms with Gasteiger partial charge < -0.3 is 19.1 Å². The van der Waals surface area contributed by atoms with Gasteiger partial charge in [-0.3, -0.25) is 10.6 Å². The third-order valence-electron chi connectivity index (χ3n) is 2.45. The van der Waals surface area contributed by atoms with Crippen LogP contribution in [0.4, 0.5) is 15.4 Å². The SMILES string of the molecule is [C-]#[N+]c1ccc(C(=O)OCC)n1N=C(NC(=O)OC)NC(=O)OC. The summed E-state index contributed by atoms with van der Waals surface area (Å²) in [6.45, 7) is 8.84. The Balaban J connectivity index is 3.30. The molecule has 2 N–H and O–H groups in total. The van der Waals surface area contributed by atoms with E-state index in [1.807, 2.05) is 0 Å². The van der Waals surface area contributed by atoms with Crippen LogP contribution in [0.5, 0.6) is 0 Å². The Morgan fingerprint density at radius 3 is 2.25 bits per heavy atom. The van der Waals surface area contributed by atoms with Crippen LogP contribution < -0.4 is 10.6 Å². The standard InChI is InChI=1S/C13H15N5O6/c1-5-24-10(19)8-6-7-9(14-2)18(8)17-11(15-12(20)22-3)16-13(21)23-4/h6-7H,5H2,1,3-4H3,(H2,15,16,17,20,21). The van der Waals surface area contributed by atoms with Gasteiger partial charge in [0.2, 0.25) is 5.69 Å². The van der Waals surface area contributed by atoms with Gasteiger partial charge in [0.1, 0.15) is 0 Å². The lowest BCUT2D eigenvalue weighted by atomic mass is 10.4. The summed E-state index contributed by atoms with van der Waals surface area (Å²) in [5.74, 6) is -1.19. The highest BCUT2D eigenvalue weighted by atomic mass is 16.5. The first-order valence-electron chi connectivity index (χ1n) is 6.52. The molecule has 0 saturated heterocycles. The van der Waals surface area contributed by atoms with Crippen molar-refractivity contribution < 1.29 is 28.6 Å². The maximum absolute atomic E-state index is 11.9. The number of ether oxygens (including phenoxy) is 3. The van der Waals surface area contributed by atoms with Crippen molar-refractivity contribution >= 4 is 29.9 Å². The molecule has 11 nitrogen and oxygen atoms in total. The summed E-state index contributed by atoms with van der Waals surface area (Å²) in [6, 6.07) is 2.65. The number of esters is 1. The molecule has 0 aromatic carbocycles. The molecule has 0 radical (unpaired) electrons. The fourth-order valence-corrected chi connectivity index (χ4v) is 1.44. The molecule has 0 atom stereocenters. The van der Waals surface area contributed by atoms with Crippen LogP contribution in [0.25, 0.3) is 4.85 Å². The van der Waals surface area contributed by atoms with Gasteiger partial charge >= 0.3 is 18.2 Å². The first-order chi connectivity index (χ1) is 11.5. The predicted molar refractivity (Wildman–Crippen MR) is 80.6 cm³/mol. The number of aromatic nitrogens is 1. The second kappa shape index (κ2) is 8.79. The fraction of sp³-hybridized carbons (Fsp3) is 0.308. The number of rotatable bonds is 3. The predicted octanol–water partition coefficient (Wildman–Crippen LogP) is 1.05. The number of hydrogen-bond acceptors (Lipinski definition) is 7. The molecular weight excluding hydrogens is 322 g/mol. The molecule has 24 heavy (non-hydrogen) atoms. The van der Waals surface area contributed by atoms with E-state index in [4.69, 9.17) is 11.3 Å². The highest BCUT2D eigenvalue weighted by Crippen LogP contribution is 2.18. The van der Waals surface area contributed by atoms with Crippen LogP contribution in [0, 0.1) is 6.57 Å². The quantitative estimate of drug-likeness (QED) is 0.279. The first-order valence-corrected chi connectivity index (χ1v) is 6.52. The number of amides is 2. The molecule has 0 spiro atoms. The molecule has 0 unspecified atom stereocenters. The Kier molecular flexibility index (Phi) is 6.77. The van der Waals surface area contributed by atoms with Crippen molar-refractivity contribution in [3.8, 4) is 0 Å². The molecular formula is C13H15N5O6. The number of carbonyl (C=O) groups is 3. The van der Waals surface area contributed by atoms with Crippen LogP contribution in [-0.2, 0) is 14.2 Å². The topological polar surface area (TPSA) is 125 Å². The Hall–Kier alpha value is -3.55. The van der Waals surface area contributed by atoms with Crippen molar-refractivity contribution in [3.05, 3.63) is 29.2 Å². The largest absolute Gasteiger partial charge is 0.460 e. The number of hydrogen-bond donors (Lipinski definition) is 2. The number of alkyl carbamates (subject to hydrolysis) is 2. The normalized spacial score (nSPS) is 9.25. The summed E-state index contributed by atoms with van der Waals surface area (Å²) in [6.07, 6.45) is -1.86. The summed E-state index contributed by atoms with van der Waals surface area (Å²) >= 11 is 0. The maximum Gasteiger partial charge on any atom is 0.413 e. The van der Waals surface area contributed by atoms with Gasteiger partial charge in [-0.05, 0) is 19.1 Å². The Labute approximate surface area is 137 Å². The van der Waals surface area contributed by atoms with E-state index in [2.05, 4.69) is 30.1 Å². The molecule has 0 aliphatic heterocycles. The van der Waals surface area contributed by atoms with Gasteiger partial charge in [0.05, 0.1) is 20.8 Å². The smallest absolute Gasteiger partial charge is 0.413 e. The van der Waals surface area contributed by atoms with Gasteiger partial charge in [-0.2, -0.15) is 4.68 Å². The Morgan fingerprint density at radius 1 is 1.21 bits per heavy atom. The monoisotopic (exact) mass is 337 g/mol. The Morgan fingerprint density at radius 2 is 1.79 bits per heavy atom. The Bertz CT molecular complexity index is 682. The summed E-state index contributed by atoms with van der Waals surface area (Å²) in [4.78, 5) is 37.7. The van der Waals surface area contributed by atoms with Crippen LogP contribution in [0.15, 0.2) is 17.2 Å². The van der Waals surface area contributed by atoms with Crippen LogP contribution in [0.2, 0.25) is 0 Å². The third kappa shape index (κ3) is 4.73. The molecule has 1 aromatic heterocycles.